The highest BCUT2D eigenvalue weighted by Gasteiger charge is 2.18. The molecule has 130 valence electrons. The quantitative estimate of drug-likeness (QED) is 0.748. The number of H-pyrrole nitrogens is 1. The molecule has 0 aliphatic carbocycles. The number of hydrogen-bond donors (Lipinski definition) is 2. The molecule has 1 atom stereocenters. The zero-order valence-corrected chi connectivity index (χ0v) is 14.7. The molecule has 4 rings (SSSR count). The monoisotopic (exact) mass is 335 g/mol. The van der Waals surface area contributed by atoms with Crippen LogP contribution in [0.15, 0.2) is 42.5 Å². The number of piperidine rings is 1. The Morgan fingerprint density at radius 1 is 1.04 bits per heavy atom. The van der Waals surface area contributed by atoms with Gasteiger partial charge in [0.15, 0.2) is 0 Å². The van der Waals surface area contributed by atoms with Crippen molar-refractivity contribution in [3.63, 3.8) is 0 Å². The van der Waals surface area contributed by atoms with Gasteiger partial charge in [-0.2, -0.15) is 0 Å². The van der Waals surface area contributed by atoms with Crippen LogP contribution in [0, 0.1) is 0 Å². The molecule has 1 aliphatic rings. The van der Waals surface area contributed by atoms with E-state index in [4.69, 9.17) is 0 Å². The highest BCUT2D eigenvalue weighted by Crippen LogP contribution is 2.28. The Bertz CT molecular complexity index is 847. The first-order valence-electron chi connectivity index (χ1n) is 9.18. The number of imidazole rings is 1. The summed E-state index contributed by atoms with van der Waals surface area (Å²) in [6.07, 6.45) is 4.02. The maximum atomic E-state index is 9.22. The molecule has 1 saturated heterocycles. The zero-order valence-electron chi connectivity index (χ0n) is 14.7. The van der Waals surface area contributed by atoms with Gasteiger partial charge in [-0.25, -0.2) is 4.98 Å². The van der Waals surface area contributed by atoms with Gasteiger partial charge in [0.1, 0.15) is 12.4 Å². The highest BCUT2D eigenvalue weighted by atomic mass is 16.3. The summed E-state index contributed by atoms with van der Waals surface area (Å²) < 4.78 is 0. The molecule has 1 aliphatic heterocycles. The molecule has 2 heterocycles. The predicted molar refractivity (Wildman–Crippen MR) is 101 cm³/mol. The van der Waals surface area contributed by atoms with Crippen molar-refractivity contribution in [2.24, 2.45) is 0 Å². The van der Waals surface area contributed by atoms with E-state index < -0.39 is 0 Å². The van der Waals surface area contributed by atoms with E-state index in [0.29, 0.717) is 11.9 Å². The van der Waals surface area contributed by atoms with Crippen LogP contribution < -0.4 is 0 Å². The maximum Gasteiger partial charge on any atom is 0.133 e. The van der Waals surface area contributed by atoms with Gasteiger partial charge in [0, 0.05) is 6.04 Å². The van der Waals surface area contributed by atoms with Gasteiger partial charge in [-0.3, -0.25) is 4.90 Å². The molecule has 4 heteroatoms. The Morgan fingerprint density at radius 2 is 1.76 bits per heavy atom. The van der Waals surface area contributed by atoms with Crippen LogP contribution in [-0.2, 0) is 6.61 Å². The third-order valence-electron chi connectivity index (χ3n) is 5.35. The fraction of sp³-hybridized carbons (Fsp3) is 0.381. The fourth-order valence-corrected chi connectivity index (χ4v) is 3.79. The van der Waals surface area contributed by atoms with Crippen LogP contribution in [0.5, 0.6) is 0 Å². The Hall–Kier alpha value is -2.17. The van der Waals surface area contributed by atoms with Gasteiger partial charge in [-0.1, -0.05) is 36.8 Å². The number of rotatable bonds is 4. The van der Waals surface area contributed by atoms with E-state index in [0.717, 1.165) is 16.6 Å². The number of fused-ring (bicyclic) bond motifs is 1. The van der Waals surface area contributed by atoms with Gasteiger partial charge < -0.3 is 10.1 Å². The number of aromatic nitrogens is 2. The first-order valence-corrected chi connectivity index (χ1v) is 9.18. The van der Waals surface area contributed by atoms with Gasteiger partial charge in [0.2, 0.25) is 0 Å². The number of hydrogen-bond acceptors (Lipinski definition) is 3. The second-order valence-electron chi connectivity index (χ2n) is 6.97. The lowest BCUT2D eigenvalue weighted by Crippen LogP contribution is -2.32. The molecule has 25 heavy (non-hydrogen) atoms. The lowest BCUT2D eigenvalue weighted by Gasteiger charge is -2.32. The second-order valence-corrected chi connectivity index (χ2v) is 6.97. The normalized spacial score (nSPS) is 17.0. The smallest absolute Gasteiger partial charge is 0.133 e. The van der Waals surface area contributed by atoms with Crippen LogP contribution in [0.25, 0.3) is 22.2 Å². The van der Waals surface area contributed by atoms with Crippen LogP contribution >= 0.6 is 0 Å². The minimum absolute atomic E-state index is 0.0624. The minimum atomic E-state index is -0.0624. The van der Waals surface area contributed by atoms with E-state index in [1.807, 2.05) is 6.07 Å². The molecule has 0 radical (unpaired) electrons. The molecular formula is C21H25N3O. The fourth-order valence-electron chi connectivity index (χ4n) is 3.79. The van der Waals surface area contributed by atoms with Gasteiger partial charge in [-0.05, 0) is 61.7 Å². The van der Waals surface area contributed by atoms with Crippen LogP contribution in [0.3, 0.4) is 0 Å². The molecule has 0 bridgehead atoms. The second kappa shape index (κ2) is 6.98. The lowest BCUT2D eigenvalue weighted by molar-refractivity contribution is 0.175. The van der Waals surface area contributed by atoms with Crippen LogP contribution in [0.1, 0.15) is 43.6 Å². The third kappa shape index (κ3) is 3.32. The third-order valence-corrected chi connectivity index (χ3v) is 5.35. The number of likely N-dealkylation sites (tertiary alicyclic amines) is 1. The summed E-state index contributed by atoms with van der Waals surface area (Å²) >= 11 is 0. The van der Waals surface area contributed by atoms with Crippen molar-refractivity contribution in [1.29, 1.82) is 0 Å². The van der Waals surface area contributed by atoms with Gasteiger partial charge in [0.25, 0.3) is 0 Å². The van der Waals surface area contributed by atoms with Crippen molar-refractivity contribution >= 4 is 11.0 Å². The van der Waals surface area contributed by atoms with E-state index >= 15 is 0 Å². The Morgan fingerprint density at radius 3 is 2.48 bits per heavy atom. The lowest BCUT2D eigenvalue weighted by atomic mass is 9.99. The topological polar surface area (TPSA) is 52.2 Å². The predicted octanol–water partition coefficient (Wildman–Crippen LogP) is 4.27. The molecule has 0 saturated carbocycles. The summed E-state index contributed by atoms with van der Waals surface area (Å²) in [5, 5.41) is 9.22. The minimum Gasteiger partial charge on any atom is -0.388 e. The standard InChI is InChI=1S/C21H25N3O/c1-15(24-11-3-2-4-12-24)16-5-7-17(8-6-16)18-9-10-19-20(13-18)23-21(14-25)22-19/h5-10,13,15,25H,2-4,11-12,14H2,1H3,(H,22,23). The van der Waals surface area contributed by atoms with Crippen molar-refractivity contribution in [2.45, 2.75) is 38.8 Å². The van der Waals surface area contributed by atoms with Crippen LogP contribution in [0.2, 0.25) is 0 Å². The Kier molecular flexibility index (Phi) is 4.55. The largest absolute Gasteiger partial charge is 0.388 e. The summed E-state index contributed by atoms with van der Waals surface area (Å²) in [5.41, 5.74) is 5.61. The molecule has 1 aromatic heterocycles. The van der Waals surface area contributed by atoms with E-state index in [9.17, 15) is 5.11 Å². The first kappa shape index (κ1) is 16.3. The summed E-state index contributed by atoms with van der Waals surface area (Å²) in [5.74, 6) is 0.609. The van der Waals surface area contributed by atoms with Crippen LogP contribution in [0.4, 0.5) is 0 Å². The van der Waals surface area contributed by atoms with Crippen molar-refractivity contribution in [1.82, 2.24) is 14.9 Å². The maximum absolute atomic E-state index is 9.22. The number of nitrogens with one attached hydrogen (secondary N) is 1. The molecule has 1 unspecified atom stereocenters. The molecule has 2 N–H and O–H groups in total. The number of aromatic amines is 1. The number of aliphatic hydroxyl groups is 1. The van der Waals surface area contributed by atoms with Gasteiger partial charge in [0.05, 0.1) is 11.0 Å². The molecule has 3 aromatic rings. The van der Waals surface area contributed by atoms with Crippen LogP contribution in [-0.4, -0.2) is 33.1 Å². The average Bonchev–Trinajstić information content (AvgIpc) is 3.10. The van der Waals surface area contributed by atoms with Crippen molar-refractivity contribution in [3.05, 3.63) is 53.9 Å². The Balaban J connectivity index is 1.56. The first-order chi connectivity index (χ1) is 12.2. The van der Waals surface area contributed by atoms with Crippen molar-refractivity contribution in [2.75, 3.05) is 13.1 Å². The number of aliphatic hydroxyl groups excluding tert-OH is 1. The van der Waals surface area contributed by atoms with Gasteiger partial charge >= 0.3 is 0 Å². The summed E-state index contributed by atoms with van der Waals surface area (Å²) in [7, 11) is 0. The molecule has 0 spiro atoms. The van der Waals surface area contributed by atoms with E-state index in [1.165, 1.54) is 43.5 Å². The highest BCUT2D eigenvalue weighted by molar-refractivity contribution is 5.82. The van der Waals surface area contributed by atoms with Gasteiger partial charge in [-0.15, -0.1) is 0 Å². The number of nitrogens with zero attached hydrogens (tertiary/aromatic N) is 2. The SMILES string of the molecule is CC(c1ccc(-c2ccc3nc(CO)[nH]c3c2)cc1)N1CCCCC1. The molecule has 2 aromatic carbocycles. The summed E-state index contributed by atoms with van der Waals surface area (Å²) in [6.45, 7) is 4.68. The zero-order chi connectivity index (χ0) is 17.2. The summed E-state index contributed by atoms with van der Waals surface area (Å²) in [6, 6.07) is 15.6. The Labute approximate surface area is 148 Å². The van der Waals surface area contributed by atoms with E-state index in [2.05, 4.69) is 58.2 Å². The summed E-state index contributed by atoms with van der Waals surface area (Å²) in [4.78, 5) is 10.1. The molecule has 0 amide bonds. The van der Waals surface area contributed by atoms with Crippen molar-refractivity contribution < 1.29 is 5.11 Å². The number of benzene rings is 2. The van der Waals surface area contributed by atoms with E-state index in [1.54, 1.807) is 0 Å². The average molecular weight is 335 g/mol. The molecule has 1 fully saturated rings. The van der Waals surface area contributed by atoms with E-state index in [-0.39, 0.29) is 6.61 Å². The molecular weight excluding hydrogens is 310 g/mol. The molecule has 4 nitrogen and oxygen atoms in total. The van der Waals surface area contributed by atoms with Crippen molar-refractivity contribution in [3.8, 4) is 11.1 Å².